The fraction of sp³-hybridized carbons (Fsp3) is 0.535. The van der Waals surface area contributed by atoms with Crippen molar-refractivity contribution in [2.24, 2.45) is 17.8 Å². The fourth-order valence-corrected chi connectivity index (χ4v) is 9.70. The molecule has 12 heteroatoms. The first kappa shape index (κ1) is 42.1. The Morgan fingerprint density at radius 1 is 1.05 bits per heavy atom. The molecule has 0 aromatic heterocycles. The Morgan fingerprint density at radius 3 is 2.29 bits per heavy atom. The third-order valence-electron chi connectivity index (χ3n) is 11.7. The Labute approximate surface area is 334 Å². The van der Waals surface area contributed by atoms with E-state index in [-0.39, 0.29) is 42.1 Å². The molecule has 2 N–H and O–H groups in total. The SMILES string of the molecule is C=CCCC(=O)N[C@H](C)[C@@H](OC(=O)[C@H]1[C@@H]2O[C@@]3(CC2Br)[C@@H]1C(=O)N([C@@H](CO)[C@@H](C)CC)[C@@H]3C(=O)N(CC=C)c1ccc(N(CC)CC)cc1)c1ccccc1. The van der Waals surface area contributed by atoms with Gasteiger partial charge in [0.15, 0.2) is 0 Å². The molecule has 0 radical (unpaired) electrons. The number of alkyl halides is 1. The van der Waals surface area contributed by atoms with Crippen LogP contribution in [0.1, 0.15) is 72.0 Å². The van der Waals surface area contributed by atoms with Crippen molar-refractivity contribution in [3.05, 3.63) is 85.5 Å². The number of carbonyl (C=O) groups is 4. The molecule has 2 aromatic carbocycles. The van der Waals surface area contributed by atoms with Gasteiger partial charge in [-0.3, -0.25) is 19.2 Å². The molecule has 2 aromatic rings. The van der Waals surface area contributed by atoms with E-state index >= 15 is 9.59 Å². The summed E-state index contributed by atoms with van der Waals surface area (Å²) < 4.78 is 13.1. The zero-order valence-corrected chi connectivity index (χ0v) is 34.3. The Hall–Kier alpha value is -4.00. The van der Waals surface area contributed by atoms with Gasteiger partial charge in [0.25, 0.3) is 5.91 Å². The summed E-state index contributed by atoms with van der Waals surface area (Å²) in [6, 6.07) is 14.5. The second-order valence-corrected chi connectivity index (χ2v) is 16.1. The average Bonchev–Trinajstić information content (AvgIpc) is 3.79. The van der Waals surface area contributed by atoms with Crippen molar-refractivity contribution in [3.8, 4) is 0 Å². The maximum atomic E-state index is 15.2. The third kappa shape index (κ3) is 8.14. The largest absolute Gasteiger partial charge is 0.455 e. The van der Waals surface area contributed by atoms with E-state index in [1.165, 1.54) is 4.90 Å². The highest BCUT2D eigenvalue weighted by atomic mass is 79.9. The summed E-state index contributed by atoms with van der Waals surface area (Å²) in [5.74, 6) is -3.92. The van der Waals surface area contributed by atoms with Gasteiger partial charge in [-0.2, -0.15) is 0 Å². The average molecular weight is 822 g/mol. The number of aliphatic hydroxyl groups excluding tert-OH is 1. The molecule has 3 aliphatic heterocycles. The monoisotopic (exact) mass is 820 g/mol. The van der Waals surface area contributed by atoms with Crippen LogP contribution in [0.3, 0.4) is 0 Å². The maximum Gasteiger partial charge on any atom is 0.313 e. The standard InChI is InChI=1S/C43H57BrN4O7/c1-8-13-19-34(50)45-28(7)37(29-17-15-14-16-18-29)54-42(53)35-36-40(51)48(33(26-49)27(6)10-3)39(43(36)25-32(44)38(35)55-43)41(52)47(24-9-2)31-22-20-30(21-23-31)46(11-4)12-5/h8-9,14-18,20-23,27-28,32-33,35-39,49H,1-2,10-13,19,24-26H2,3-7H3,(H,45,50)/t27-,28+,32?,33-,35+,36-,37+,38+,39+,43-/m0/s1. The van der Waals surface area contributed by atoms with Crippen LogP contribution in [-0.4, -0.2) is 94.6 Å². The van der Waals surface area contributed by atoms with Crippen molar-refractivity contribution >= 4 is 51.0 Å². The van der Waals surface area contributed by atoms with Crippen molar-refractivity contribution in [2.75, 3.05) is 36.0 Å². The molecule has 1 spiro atoms. The summed E-state index contributed by atoms with van der Waals surface area (Å²) >= 11 is 3.77. The molecule has 3 aliphatic rings. The lowest BCUT2D eigenvalue weighted by Crippen LogP contribution is -2.60. The highest BCUT2D eigenvalue weighted by Crippen LogP contribution is 2.61. The molecule has 3 amide bonds. The summed E-state index contributed by atoms with van der Waals surface area (Å²) in [7, 11) is 0. The molecule has 2 bridgehead atoms. The number of amides is 3. The molecule has 1 unspecified atom stereocenters. The number of fused-ring (bicyclic) bond motifs is 1. The number of hydrogen-bond donors (Lipinski definition) is 2. The van der Waals surface area contributed by atoms with Crippen LogP contribution >= 0.6 is 15.9 Å². The predicted molar refractivity (Wildman–Crippen MR) is 218 cm³/mol. The van der Waals surface area contributed by atoms with Crippen LogP contribution in [0.15, 0.2) is 79.9 Å². The number of nitrogens with one attached hydrogen (secondary N) is 1. The van der Waals surface area contributed by atoms with Crippen molar-refractivity contribution in [3.63, 3.8) is 0 Å². The number of aliphatic hydroxyl groups is 1. The molecule has 10 atom stereocenters. The summed E-state index contributed by atoms with van der Waals surface area (Å²) in [6.45, 7) is 19.0. The molecule has 3 heterocycles. The van der Waals surface area contributed by atoms with Gasteiger partial charge in [0, 0.05) is 42.3 Å². The number of nitrogens with zero attached hydrogens (tertiary/aromatic N) is 3. The fourth-order valence-electron chi connectivity index (χ4n) is 8.76. The molecule has 0 aliphatic carbocycles. The van der Waals surface area contributed by atoms with E-state index in [0.717, 1.165) is 18.8 Å². The number of likely N-dealkylation sites (tertiary alicyclic amines) is 1. The lowest BCUT2D eigenvalue weighted by atomic mass is 9.70. The highest BCUT2D eigenvalue weighted by molar-refractivity contribution is 9.09. The van der Waals surface area contributed by atoms with Gasteiger partial charge in [-0.25, -0.2) is 0 Å². The van der Waals surface area contributed by atoms with Gasteiger partial charge in [0.1, 0.15) is 17.7 Å². The number of esters is 1. The lowest BCUT2D eigenvalue weighted by Gasteiger charge is -2.41. The Kier molecular flexibility index (Phi) is 14.0. The van der Waals surface area contributed by atoms with Crippen LogP contribution in [0.4, 0.5) is 11.4 Å². The van der Waals surface area contributed by atoms with Crippen LogP contribution in [0.5, 0.6) is 0 Å². The van der Waals surface area contributed by atoms with E-state index in [1.54, 1.807) is 24.0 Å². The molecule has 5 rings (SSSR count). The van der Waals surface area contributed by atoms with Gasteiger partial charge >= 0.3 is 5.97 Å². The topological polar surface area (TPSA) is 129 Å². The van der Waals surface area contributed by atoms with E-state index in [0.29, 0.717) is 30.5 Å². The number of halogens is 1. The summed E-state index contributed by atoms with van der Waals surface area (Å²) in [6.07, 6.45) is 3.36. The number of anilines is 2. The van der Waals surface area contributed by atoms with Crippen molar-refractivity contribution in [1.29, 1.82) is 0 Å². The molecule has 3 fully saturated rings. The Bertz CT molecular complexity index is 1690. The van der Waals surface area contributed by atoms with Crippen molar-refractivity contribution in [2.45, 2.75) is 101 Å². The van der Waals surface area contributed by atoms with Crippen molar-refractivity contribution < 1.29 is 33.8 Å². The summed E-state index contributed by atoms with van der Waals surface area (Å²) in [4.78, 5) is 62.6. The number of rotatable bonds is 19. The minimum Gasteiger partial charge on any atom is -0.455 e. The molecule has 11 nitrogen and oxygen atoms in total. The quantitative estimate of drug-likeness (QED) is 0.101. The molecule has 298 valence electrons. The first-order valence-electron chi connectivity index (χ1n) is 19.6. The van der Waals surface area contributed by atoms with Gasteiger partial charge in [-0.1, -0.05) is 78.7 Å². The van der Waals surface area contributed by atoms with Crippen LogP contribution < -0.4 is 15.1 Å². The van der Waals surface area contributed by atoms with E-state index in [9.17, 15) is 14.7 Å². The van der Waals surface area contributed by atoms with Gasteiger partial charge in [0.05, 0.1) is 36.6 Å². The number of carbonyl (C=O) groups excluding carboxylic acids is 4. The van der Waals surface area contributed by atoms with E-state index in [1.807, 2.05) is 68.4 Å². The normalized spacial score (nSPS) is 26.1. The first-order valence-corrected chi connectivity index (χ1v) is 20.5. The van der Waals surface area contributed by atoms with Gasteiger partial charge in [0.2, 0.25) is 11.8 Å². The van der Waals surface area contributed by atoms with Gasteiger partial charge in [-0.15, -0.1) is 13.2 Å². The van der Waals surface area contributed by atoms with Crippen molar-refractivity contribution in [1.82, 2.24) is 10.2 Å². The third-order valence-corrected chi connectivity index (χ3v) is 12.6. The zero-order valence-electron chi connectivity index (χ0n) is 32.7. The number of allylic oxidation sites excluding steroid dienone is 1. The van der Waals surface area contributed by atoms with Crippen LogP contribution in [-0.2, 0) is 28.7 Å². The number of benzene rings is 2. The molecule has 3 saturated heterocycles. The molecule has 55 heavy (non-hydrogen) atoms. The lowest BCUT2D eigenvalue weighted by molar-refractivity contribution is -0.162. The van der Waals surface area contributed by atoms with Gasteiger partial charge < -0.3 is 34.6 Å². The highest BCUT2D eigenvalue weighted by Gasteiger charge is 2.78. The van der Waals surface area contributed by atoms with Gasteiger partial charge in [-0.05, 0) is 69.4 Å². The Morgan fingerprint density at radius 2 is 1.71 bits per heavy atom. The number of hydrogen-bond acceptors (Lipinski definition) is 8. The second kappa shape index (κ2) is 18.3. The molecular weight excluding hydrogens is 764 g/mol. The summed E-state index contributed by atoms with van der Waals surface area (Å²) in [5, 5.41) is 13.8. The first-order chi connectivity index (χ1) is 26.4. The van der Waals surface area contributed by atoms with E-state index < -0.39 is 59.6 Å². The zero-order chi connectivity index (χ0) is 40.0. The van der Waals surface area contributed by atoms with E-state index in [4.69, 9.17) is 9.47 Å². The second-order valence-electron chi connectivity index (χ2n) is 14.9. The predicted octanol–water partition coefficient (Wildman–Crippen LogP) is 5.96. The minimum absolute atomic E-state index is 0.164. The smallest absolute Gasteiger partial charge is 0.313 e. The van der Waals surface area contributed by atoms with E-state index in [2.05, 4.69) is 53.2 Å². The maximum absolute atomic E-state index is 15.2. The molecule has 0 saturated carbocycles. The minimum atomic E-state index is -1.38. The number of ether oxygens (including phenoxy) is 2. The summed E-state index contributed by atoms with van der Waals surface area (Å²) in [5.41, 5.74) is 0.947. The van der Waals surface area contributed by atoms with Crippen LogP contribution in [0, 0.1) is 17.8 Å². The van der Waals surface area contributed by atoms with Crippen LogP contribution in [0.2, 0.25) is 0 Å². The van der Waals surface area contributed by atoms with Crippen LogP contribution in [0.25, 0.3) is 0 Å². The Balaban J connectivity index is 1.55. The molecular formula is C43H57BrN4O7.